The lowest BCUT2D eigenvalue weighted by atomic mass is 9.99. The summed E-state index contributed by atoms with van der Waals surface area (Å²) in [5.41, 5.74) is 25.4. The fourth-order valence-electron chi connectivity index (χ4n) is 12.1. The van der Waals surface area contributed by atoms with Crippen LogP contribution in [0.1, 0.15) is 106 Å². The normalized spacial score (nSPS) is 15.1. The standard InChI is InChI=1S/C74H96ClN19O13/c1-42(2)32-55(64(98)88-54(20-12-30-82-74(78)79)71(105)94-31-13-21-61(94)70(104)84-43(3)72(106)107)89-68(102)59(38-52-40-83-62(86-52)37-45-14-6-5-7-15-45)92-63(97)53(19-11-29-81-73(76)77)87-69(103)60(41-95)93-67(101)58(36-48-16-10-28-80-39-48)91-66(100)57(34-46-23-26-51(75)27-24-46)90-65(99)56(85-44(4)96)35-47-22-25-49-17-8-9-18-50(49)33-47/h5-10,14-18,22-28,33,39-40,42-43,53-61,95H,11-13,19-21,29-32,34-38,41H2,1-4H3,(H,83,86)(H,84,104)(H,85,96)(H,87,103)(H,88,98)(H,89,102)(H,90,99)(H,91,100)(H,92,97)(H,93,101)(H,106,107)(H4,76,77,81)(H4,78,79,82)/t43-,53+,54+,55+,56-,57-,58-,59-,60+,61-/m1/s1. The number of carbonyl (C=O) groups excluding carboxylic acids is 10. The summed E-state index contributed by atoms with van der Waals surface area (Å²) in [6.07, 6.45) is 4.62. The van der Waals surface area contributed by atoms with Gasteiger partial charge >= 0.3 is 5.97 Å². The summed E-state index contributed by atoms with van der Waals surface area (Å²) in [6.45, 7) is 5.12. The van der Waals surface area contributed by atoms with Gasteiger partial charge in [-0.1, -0.05) is 116 Å². The van der Waals surface area contributed by atoms with Crippen molar-refractivity contribution in [1.82, 2.24) is 67.7 Å². The van der Waals surface area contributed by atoms with Crippen molar-refractivity contribution in [3.8, 4) is 0 Å². The van der Waals surface area contributed by atoms with E-state index in [9.17, 15) is 53.4 Å². The maximum Gasteiger partial charge on any atom is 0.325 e. The lowest BCUT2D eigenvalue weighted by Gasteiger charge is -2.31. The molecule has 33 heteroatoms. The summed E-state index contributed by atoms with van der Waals surface area (Å²) in [5.74, 6) is -9.91. The van der Waals surface area contributed by atoms with Gasteiger partial charge in [0.2, 0.25) is 59.1 Å². The first-order chi connectivity index (χ1) is 51.1. The second-order valence-corrected chi connectivity index (χ2v) is 27.1. The molecule has 0 bridgehead atoms. The number of aliphatic carboxylic acids is 1. The highest BCUT2D eigenvalue weighted by molar-refractivity contribution is 6.30. The number of aliphatic hydroxyl groups is 1. The van der Waals surface area contributed by atoms with E-state index in [1.54, 1.807) is 50.2 Å². The molecule has 0 radical (unpaired) electrons. The number of likely N-dealkylation sites (tertiary alicyclic amines) is 1. The Labute approximate surface area is 624 Å². The number of aliphatic hydroxyl groups excluding tert-OH is 1. The average Bonchev–Trinajstić information content (AvgIpc) is 1.62. The van der Waals surface area contributed by atoms with Crippen LogP contribution in [-0.2, 0) is 84.8 Å². The molecule has 1 aliphatic heterocycles. The molecule has 2 aromatic heterocycles. The summed E-state index contributed by atoms with van der Waals surface area (Å²) in [4.78, 5) is 177. The molecule has 1 saturated heterocycles. The van der Waals surface area contributed by atoms with Gasteiger partial charge in [0.05, 0.1) is 12.3 Å². The number of carboxylic acid groups (broad SMARTS) is 1. The monoisotopic (exact) mass is 1490 g/mol. The van der Waals surface area contributed by atoms with Gasteiger partial charge in [-0.15, -0.1) is 0 Å². The van der Waals surface area contributed by atoms with Gasteiger partial charge in [-0.3, -0.25) is 67.7 Å². The molecule has 0 saturated carbocycles. The van der Waals surface area contributed by atoms with Crippen LogP contribution in [0.5, 0.6) is 0 Å². The zero-order valence-electron chi connectivity index (χ0n) is 60.1. The molecule has 1 aliphatic rings. The van der Waals surface area contributed by atoms with Crippen LogP contribution in [0.25, 0.3) is 10.8 Å². The van der Waals surface area contributed by atoms with Crippen molar-refractivity contribution in [2.45, 2.75) is 165 Å². The SMILES string of the molecule is CC(=O)N[C@H](Cc1ccc2ccccc2c1)C(=O)N[C@H](Cc1ccc(Cl)cc1)C(=O)N[C@H](Cc1cccnc1)C(=O)N[C@@H](CO)C(=O)N[C@@H](CCCN=C(N)N)C(=O)N[C@H](Cc1c[nH]c(Cc2ccccc2)n1)C(=O)N[C@@H](CC(C)C)C(=O)N[C@@H](CCCN=C(N)N)C(=O)N1CCC[C@@H]1C(=O)N[C@H](C)C(=O)O. The van der Waals surface area contributed by atoms with E-state index in [4.69, 9.17) is 39.5 Å². The zero-order chi connectivity index (χ0) is 77.7. The number of aromatic nitrogens is 3. The highest BCUT2D eigenvalue weighted by Gasteiger charge is 2.41. The van der Waals surface area contributed by atoms with Crippen LogP contribution >= 0.6 is 11.6 Å². The second-order valence-electron chi connectivity index (χ2n) is 26.6. The highest BCUT2D eigenvalue weighted by atomic mass is 35.5. The molecule has 572 valence electrons. The fourth-order valence-corrected chi connectivity index (χ4v) is 12.2. The molecule has 4 aromatic carbocycles. The molecule has 20 N–H and O–H groups in total. The molecule has 7 rings (SSSR count). The number of benzene rings is 4. The maximum absolute atomic E-state index is 15.1. The Bertz CT molecular complexity index is 4100. The third-order valence-corrected chi connectivity index (χ3v) is 17.8. The van der Waals surface area contributed by atoms with Gasteiger partial charge in [0, 0.05) is 82.3 Å². The first kappa shape index (κ1) is 82.7. The largest absolute Gasteiger partial charge is 0.480 e. The molecule has 6 aromatic rings. The number of imidazole rings is 1. The van der Waals surface area contributed by atoms with Gasteiger partial charge in [0.15, 0.2) is 11.9 Å². The Hall–Kier alpha value is -11.5. The Morgan fingerprint density at radius 3 is 1.66 bits per heavy atom. The first-order valence-corrected chi connectivity index (χ1v) is 35.6. The molecule has 10 amide bonds. The van der Waals surface area contributed by atoms with Crippen molar-refractivity contribution in [2.24, 2.45) is 38.8 Å². The van der Waals surface area contributed by atoms with E-state index in [0.29, 0.717) is 40.4 Å². The van der Waals surface area contributed by atoms with E-state index in [-0.39, 0.29) is 107 Å². The Morgan fingerprint density at radius 2 is 1.07 bits per heavy atom. The number of halogens is 1. The number of carboxylic acids is 1. The number of amides is 10. The molecule has 10 atom stereocenters. The van der Waals surface area contributed by atoms with Gasteiger partial charge < -0.3 is 90.9 Å². The summed E-state index contributed by atoms with van der Waals surface area (Å²) in [7, 11) is 0. The molecule has 3 heterocycles. The summed E-state index contributed by atoms with van der Waals surface area (Å²) in [6, 6.07) is 18.0. The van der Waals surface area contributed by atoms with Crippen LogP contribution in [-0.4, -0.2) is 194 Å². The molecule has 0 unspecified atom stereocenters. The van der Waals surface area contributed by atoms with Crippen molar-refractivity contribution in [1.29, 1.82) is 0 Å². The first-order valence-electron chi connectivity index (χ1n) is 35.3. The Balaban J connectivity index is 1.15. The number of guanidine groups is 2. The van der Waals surface area contributed by atoms with Crippen LogP contribution in [0.3, 0.4) is 0 Å². The molecule has 107 heavy (non-hydrogen) atoms. The van der Waals surface area contributed by atoms with Crippen LogP contribution in [0.2, 0.25) is 5.02 Å². The lowest BCUT2D eigenvalue weighted by molar-refractivity contribution is -0.144. The summed E-state index contributed by atoms with van der Waals surface area (Å²) in [5, 5.41) is 46.7. The third kappa shape index (κ3) is 26.8. The van der Waals surface area contributed by atoms with Crippen LogP contribution in [0.15, 0.2) is 138 Å². The van der Waals surface area contributed by atoms with Gasteiger partial charge in [-0.05, 0) is 109 Å². The lowest BCUT2D eigenvalue weighted by Crippen LogP contribution is -2.61. The number of pyridine rings is 1. The van der Waals surface area contributed by atoms with Crippen molar-refractivity contribution >= 4 is 99.3 Å². The zero-order valence-corrected chi connectivity index (χ0v) is 60.9. The Kier molecular flexibility index (Phi) is 31.9. The number of rotatable bonds is 40. The fraction of sp³-hybridized carbons (Fsp3) is 0.419. The number of aliphatic imine (C=N–C) groups is 2. The van der Waals surface area contributed by atoms with Crippen LogP contribution in [0.4, 0.5) is 0 Å². The van der Waals surface area contributed by atoms with Crippen LogP contribution in [0, 0.1) is 5.92 Å². The smallest absolute Gasteiger partial charge is 0.325 e. The third-order valence-electron chi connectivity index (χ3n) is 17.5. The number of nitrogens with two attached hydrogens (primary N) is 4. The number of nitrogens with zero attached hydrogens (tertiary/aromatic N) is 5. The van der Waals surface area contributed by atoms with E-state index < -0.39 is 132 Å². The highest BCUT2D eigenvalue weighted by Crippen LogP contribution is 2.22. The predicted molar refractivity (Wildman–Crippen MR) is 400 cm³/mol. The minimum Gasteiger partial charge on any atom is -0.480 e. The van der Waals surface area contributed by atoms with Gasteiger partial charge in [0.1, 0.15) is 66.2 Å². The summed E-state index contributed by atoms with van der Waals surface area (Å²) < 4.78 is 0. The maximum atomic E-state index is 15.1. The summed E-state index contributed by atoms with van der Waals surface area (Å²) >= 11 is 6.25. The van der Waals surface area contributed by atoms with Gasteiger partial charge in [-0.25, -0.2) is 4.98 Å². The average molecular weight is 1500 g/mol. The van der Waals surface area contributed by atoms with Crippen molar-refractivity contribution in [3.63, 3.8) is 0 Å². The van der Waals surface area contributed by atoms with Crippen molar-refractivity contribution in [3.05, 3.63) is 167 Å². The molecule has 0 spiro atoms. The van der Waals surface area contributed by atoms with Gasteiger partial charge in [-0.2, -0.15) is 0 Å². The molecule has 1 fully saturated rings. The minimum atomic E-state index is -1.83. The number of fused-ring (bicyclic) bond motifs is 1. The number of carbonyl (C=O) groups is 11. The quantitative estimate of drug-likeness (QED) is 0.0138. The topological polar surface area (TPSA) is 510 Å². The number of hydrogen-bond donors (Lipinski definition) is 16. The number of nitrogens with one attached hydrogen (secondary N) is 10. The predicted octanol–water partition coefficient (Wildman–Crippen LogP) is 0.0969. The number of H-pyrrole nitrogens is 1. The Morgan fingerprint density at radius 1 is 0.570 bits per heavy atom. The molecular weight excluding hydrogens is 1400 g/mol. The van der Waals surface area contributed by atoms with Crippen molar-refractivity contribution in [2.75, 3.05) is 26.2 Å². The van der Waals surface area contributed by atoms with E-state index in [1.165, 1.54) is 37.3 Å². The van der Waals surface area contributed by atoms with Crippen molar-refractivity contribution < 1.29 is 63.0 Å². The number of aromatic amines is 1. The van der Waals surface area contributed by atoms with Gasteiger partial charge in [0.25, 0.3) is 0 Å². The van der Waals surface area contributed by atoms with E-state index in [0.717, 1.165) is 16.3 Å². The van der Waals surface area contributed by atoms with E-state index in [1.807, 2.05) is 72.8 Å². The van der Waals surface area contributed by atoms with Crippen LogP contribution < -0.4 is 70.8 Å². The molecule has 0 aliphatic carbocycles. The molecule has 32 nitrogen and oxygen atoms in total. The molecular formula is C74H96ClN19O13. The van der Waals surface area contributed by atoms with E-state index >= 15 is 9.59 Å². The number of hydrogen-bond acceptors (Lipinski definition) is 16. The van der Waals surface area contributed by atoms with E-state index in [2.05, 4.69) is 67.8 Å². The minimum absolute atomic E-state index is 0.0165. The second kappa shape index (κ2) is 41.2.